The maximum Gasteiger partial charge on any atom is 0.170 e. The number of hydrogen-bond acceptors (Lipinski definition) is 3. The van der Waals surface area contributed by atoms with Gasteiger partial charge in [0.1, 0.15) is 5.82 Å². The van der Waals surface area contributed by atoms with E-state index in [1.807, 2.05) is 0 Å². The molecule has 0 unspecified atom stereocenters. The monoisotopic (exact) mass is 307 g/mol. The van der Waals surface area contributed by atoms with Gasteiger partial charge in [0.25, 0.3) is 0 Å². The highest BCUT2D eigenvalue weighted by Gasteiger charge is 2.06. The molecule has 0 radical (unpaired) electrons. The summed E-state index contributed by atoms with van der Waals surface area (Å²) in [5.74, 6) is -0.235. The molecule has 0 bridgehead atoms. The van der Waals surface area contributed by atoms with Crippen LogP contribution in [0.15, 0.2) is 47.6 Å². The van der Waals surface area contributed by atoms with Crippen molar-refractivity contribution in [2.45, 2.75) is 13.1 Å². The quantitative estimate of drug-likeness (QED) is 0.344. The summed E-state index contributed by atoms with van der Waals surface area (Å²) in [4.78, 5) is 0. The van der Waals surface area contributed by atoms with E-state index in [0.717, 1.165) is 5.56 Å². The molecule has 6 heteroatoms. The molecule has 110 valence electrons. The Bertz CT molecular complexity index is 661. The summed E-state index contributed by atoms with van der Waals surface area (Å²) in [6.07, 6.45) is 0. The zero-order chi connectivity index (χ0) is 15.2. The maximum absolute atomic E-state index is 13.5. The Morgan fingerprint density at radius 3 is 2.57 bits per heavy atom. The molecule has 21 heavy (non-hydrogen) atoms. The summed E-state index contributed by atoms with van der Waals surface area (Å²) in [5.41, 5.74) is 7.48. The van der Waals surface area contributed by atoms with Gasteiger partial charge in [-0.3, -0.25) is 0 Å². The molecule has 2 aromatic carbocycles. The molecule has 0 saturated carbocycles. The molecule has 2 rings (SSSR count). The Labute approximate surface area is 127 Å². The summed E-state index contributed by atoms with van der Waals surface area (Å²) in [6, 6.07) is 11.7. The Morgan fingerprint density at radius 1 is 1.19 bits per heavy atom. The van der Waals surface area contributed by atoms with Crippen molar-refractivity contribution in [3.63, 3.8) is 0 Å². The van der Waals surface area contributed by atoms with Crippen molar-refractivity contribution < 1.29 is 9.60 Å². The number of nitrogens with one attached hydrogen (secondary N) is 1. The predicted molar refractivity (Wildman–Crippen MR) is 80.9 cm³/mol. The summed E-state index contributed by atoms with van der Waals surface area (Å²) >= 11 is 6.14. The number of halogens is 2. The first-order chi connectivity index (χ1) is 10.1. The van der Waals surface area contributed by atoms with E-state index in [9.17, 15) is 4.39 Å². The fourth-order valence-electron chi connectivity index (χ4n) is 1.88. The minimum absolute atomic E-state index is 0.00256. The number of nitrogens with two attached hydrogens (primary N) is 1. The Balaban J connectivity index is 1.99. The van der Waals surface area contributed by atoms with Gasteiger partial charge in [-0.1, -0.05) is 47.1 Å². The van der Waals surface area contributed by atoms with Gasteiger partial charge in [0.05, 0.1) is 0 Å². The van der Waals surface area contributed by atoms with Crippen LogP contribution in [0.1, 0.15) is 16.7 Å². The number of oxime groups is 1. The third-order valence-corrected chi connectivity index (χ3v) is 3.40. The van der Waals surface area contributed by atoms with E-state index in [2.05, 4.69) is 10.5 Å². The van der Waals surface area contributed by atoms with Gasteiger partial charge in [0.15, 0.2) is 5.84 Å². The van der Waals surface area contributed by atoms with Gasteiger partial charge in [-0.05, 0) is 17.7 Å². The number of nitrogens with zero attached hydrogens (tertiary/aromatic N) is 1. The first kappa shape index (κ1) is 15.3. The molecule has 0 saturated heterocycles. The third-order valence-electron chi connectivity index (χ3n) is 3.05. The van der Waals surface area contributed by atoms with Crippen molar-refractivity contribution in [2.24, 2.45) is 10.9 Å². The molecule has 4 N–H and O–H groups in total. The standard InChI is InChI=1S/C15H15ClFN3O/c16-13-7-10(15(18)20-21)5-6-11(13)8-19-9-12-3-1-2-4-14(12)17/h1-7,19,21H,8-9H2,(H2,18,20). The smallest absolute Gasteiger partial charge is 0.170 e. The van der Waals surface area contributed by atoms with Crippen LogP contribution < -0.4 is 11.1 Å². The van der Waals surface area contributed by atoms with Gasteiger partial charge in [0, 0.05) is 29.2 Å². The van der Waals surface area contributed by atoms with E-state index in [1.165, 1.54) is 6.07 Å². The average molecular weight is 308 g/mol. The first-order valence-electron chi connectivity index (χ1n) is 6.32. The predicted octanol–water partition coefficient (Wildman–Crippen LogP) is 2.86. The van der Waals surface area contributed by atoms with E-state index in [4.69, 9.17) is 22.5 Å². The number of benzene rings is 2. The molecule has 0 atom stereocenters. The zero-order valence-corrected chi connectivity index (χ0v) is 11.9. The molecule has 0 heterocycles. The summed E-state index contributed by atoms with van der Waals surface area (Å²) < 4.78 is 13.5. The second kappa shape index (κ2) is 7.06. The van der Waals surface area contributed by atoms with Crippen LogP contribution in [0.2, 0.25) is 5.02 Å². The van der Waals surface area contributed by atoms with Crippen molar-refractivity contribution in [2.75, 3.05) is 0 Å². The van der Waals surface area contributed by atoms with Gasteiger partial charge in [-0.25, -0.2) is 4.39 Å². The highest BCUT2D eigenvalue weighted by Crippen LogP contribution is 2.18. The van der Waals surface area contributed by atoms with Crippen LogP contribution in [-0.4, -0.2) is 11.0 Å². The van der Waals surface area contributed by atoms with Crippen molar-refractivity contribution >= 4 is 17.4 Å². The Kier molecular flexibility index (Phi) is 5.14. The number of hydrogen-bond donors (Lipinski definition) is 3. The largest absolute Gasteiger partial charge is 0.409 e. The molecule has 0 aromatic heterocycles. The van der Waals surface area contributed by atoms with E-state index < -0.39 is 0 Å². The SMILES string of the molecule is N/C(=N/O)c1ccc(CNCc2ccccc2F)c(Cl)c1. The van der Waals surface area contributed by atoms with Crippen molar-refractivity contribution in [1.29, 1.82) is 0 Å². The van der Waals surface area contributed by atoms with Gasteiger partial charge >= 0.3 is 0 Å². The highest BCUT2D eigenvalue weighted by atomic mass is 35.5. The molecule has 4 nitrogen and oxygen atoms in total. The van der Waals surface area contributed by atoms with Crippen molar-refractivity contribution in [3.05, 3.63) is 70.0 Å². The summed E-state index contributed by atoms with van der Waals surface area (Å²) in [5, 5.41) is 15.2. The lowest BCUT2D eigenvalue weighted by Gasteiger charge is -2.09. The lowest BCUT2D eigenvalue weighted by molar-refractivity contribution is 0.318. The normalized spacial score (nSPS) is 11.6. The lowest BCUT2D eigenvalue weighted by Crippen LogP contribution is -2.15. The highest BCUT2D eigenvalue weighted by molar-refractivity contribution is 6.31. The molecule has 0 aliphatic rings. The van der Waals surface area contributed by atoms with Crippen LogP contribution in [0.5, 0.6) is 0 Å². The van der Waals surface area contributed by atoms with E-state index in [-0.39, 0.29) is 11.7 Å². The van der Waals surface area contributed by atoms with Crippen molar-refractivity contribution in [3.8, 4) is 0 Å². The van der Waals surface area contributed by atoms with Crippen LogP contribution in [0.25, 0.3) is 0 Å². The summed E-state index contributed by atoms with van der Waals surface area (Å²) in [7, 11) is 0. The number of amidine groups is 1. The van der Waals surface area contributed by atoms with Gasteiger partial charge < -0.3 is 16.3 Å². The minimum Gasteiger partial charge on any atom is -0.409 e. The molecule has 2 aromatic rings. The second-order valence-electron chi connectivity index (χ2n) is 4.49. The van der Waals surface area contributed by atoms with Gasteiger partial charge in [0.2, 0.25) is 0 Å². The van der Waals surface area contributed by atoms with Gasteiger partial charge in [-0.2, -0.15) is 0 Å². The number of rotatable bonds is 5. The molecular weight excluding hydrogens is 293 g/mol. The van der Waals surface area contributed by atoms with E-state index in [1.54, 1.807) is 36.4 Å². The fraction of sp³-hybridized carbons (Fsp3) is 0.133. The Morgan fingerprint density at radius 2 is 1.90 bits per heavy atom. The molecule has 0 aliphatic heterocycles. The lowest BCUT2D eigenvalue weighted by atomic mass is 10.1. The van der Waals surface area contributed by atoms with Gasteiger partial charge in [-0.15, -0.1) is 0 Å². The minimum atomic E-state index is -0.238. The van der Waals surface area contributed by atoms with E-state index >= 15 is 0 Å². The fourth-order valence-corrected chi connectivity index (χ4v) is 2.13. The van der Waals surface area contributed by atoms with Crippen LogP contribution in [0.3, 0.4) is 0 Å². The van der Waals surface area contributed by atoms with Crippen molar-refractivity contribution in [1.82, 2.24) is 5.32 Å². The maximum atomic E-state index is 13.5. The zero-order valence-electron chi connectivity index (χ0n) is 11.2. The average Bonchev–Trinajstić information content (AvgIpc) is 2.50. The third kappa shape index (κ3) is 3.93. The molecule has 0 amide bonds. The van der Waals surface area contributed by atoms with Crippen LogP contribution >= 0.6 is 11.6 Å². The first-order valence-corrected chi connectivity index (χ1v) is 6.70. The molecule has 0 aliphatic carbocycles. The molecular formula is C15H15ClFN3O. The Hall–Kier alpha value is -2.11. The van der Waals surface area contributed by atoms with E-state index in [0.29, 0.717) is 29.2 Å². The summed E-state index contributed by atoms with van der Waals surface area (Å²) in [6.45, 7) is 0.897. The van der Waals surface area contributed by atoms with Crippen LogP contribution in [0.4, 0.5) is 4.39 Å². The molecule has 0 spiro atoms. The molecule has 0 fully saturated rings. The van der Waals surface area contributed by atoms with Crippen LogP contribution in [-0.2, 0) is 13.1 Å². The topological polar surface area (TPSA) is 70.6 Å². The second-order valence-corrected chi connectivity index (χ2v) is 4.89. The van der Waals surface area contributed by atoms with Crippen LogP contribution in [0, 0.1) is 5.82 Å².